The second kappa shape index (κ2) is 6.40. The number of hydrogen-bond donors (Lipinski definition) is 1. The quantitative estimate of drug-likeness (QED) is 0.791. The molecule has 0 radical (unpaired) electrons. The normalized spacial score (nSPS) is 26.0. The van der Waals surface area contributed by atoms with Crippen molar-refractivity contribution in [2.75, 3.05) is 0 Å². The Kier molecular flexibility index (Phi) is 5.11. The van der Waals surface area contributed by atoms with E-state index in [0.717, 1.165) is 22.9 Å². The summed E-state index contributed by atoms with van der Waals surface area (Å²) < 4.78 is 0.919. The first kappa shape index (κ1) is 14.4. The van der Waals surface area contributed by atoms with Gasteiger partial charge in [-0.1, -0.05) is 66.2 Å². The average Bonchev–Trinajstić information content (AvgIpc) is 2.38. The summed E-state index contributed by atoms with van der Waals surface area (Å²) in [5.74, 6) is 1.04. The van der Waals surface area contributed by atoms with Gasteiger partial charge >= 0.3 is 0 Å². The standard InChI is InChI=1S/C15H20BrClO/c1-2-10-5-3-4-6-12(10)15(18)13-8-7-11(17)9-14(13)16/h7-10,12,15,18H,2-6H2,1H3. The lowest BCUT2D eigenvalue weighted by Crippen LogP contribution is -2.25. The Morgan fingerprint density at radius 2 is 2.11 bits per heavy atom. The summed E-state index contributed by atoms with van der Waals surface area (Å²) >= 11 is 9.46. The summed E-state index contributed by atoms with van der Waals surface area (Å²) in [5.41, 5.74) is 0.977. The smallest absolute Gasteiger partial charge is 0.0831 e. The molecule has 2 rings (SSSR count). The summed E-state index contributed by atoms with van der Waals surface area (Å²) in [4.78, 5) is 0. The van der Waals surface area contributed by atoms with E-state index in [1.165, 1.54) is 19.3 Å². The zero-order valence-electron chi connectivity index (χ0n) is 10.7. The highest BCUT2D eigenvalue weighted by Crippen LogP contribution is 2.42. The Hall–Kier alpha value is -0.0500. The van der Waals surface area contributed by atoms with Gasteiger partial charge in [-0.15, -0.1) is 0 Å². The van der Waals surface area contributed by atoms with Gasteiger partial charge in [-0.05, 0) is 36.0 Å². The second-order valence-electron chi connectivity index (χ2n) is 5.23. The van der Waals surface area contributed by atoms with Gasteiger partial charge in [-0.3, -0.25) is 0 Å². The van der Waals surface area contributed by atoms with Gasteiger partial charge in [0.2, 0.25) is 0 Å². The van der Waals surface area contributed by atoms with Gasteiger partial charge in [0.05, 0.1) is 6.10 Å². The van der Waals surface area contributed by atoms with E-state index in [2.05, 4.69) is 22.9 Å². The summed E-state index contributed by atoms with van der Waals surface area (Å²) in [6.07, 6.45) is 5.72. The largest absolute Gasteiger partial charge is 0.388 e. The van der Waals surface area contributed by atoms with Crippen LogP contribution in [0.1, 0.15) is 50.7 Å². The Balaban J connectivity index is 2.20. The van der Waals surface area contributed by atoms with Gasteiger partial charge in [0.25, 0.3) is 0 Å². The molecule has 1 fully saturated rings. The SMILES string of the molecule is CCC1CCCCC1C(O)c1ccc(Cl)cc1Br. The van der Waals surface area contributed by atoms with Crippen LogP contribution in [0.2, 0.25) is 5.02 Å². The van der Waals surface area contributed by atoms with Crippen molar-refractivity contribution >= 4 is 27.5 Å². The fourth-order valence-corrected chi connectivity index (χ4v) is 4.05. The average molecular weight is 332 g/mol. The topological polar surface area (TPSA) is 20.2 Å². The molecule has 0 heterocycles. The third kappa shape index (κ3) is 3.09. The minimum absolute atomic E-state index is 0.373. The second-order valence-corrected chi connectivity index (χ2v) is 6.52. The molecule has 0 aromatic heterocycles. The van der Waals surface area contributed by atoms with Crippen LogP contribution in [0.3, 0.4) is 0 Å². The van der Waals surface area contributed by atoms with Crippen LogP contribution in [0.25, 0.3) is 0 Å². The molecular formula is C15H20BrClO. The van der Waals surface area contributed by atoms with Gasteiger partial charge in [0.1, 0.15) is 0 Å². The third-order valence-electron chi connectivity index (χ3n) is 4.18. The Morgan fingerprint density at radius 1 is 1.39 bits per heavy atom. The predicted molar refractivity (Wildman–Crippen MR) is 79.9 cm³/mol. The summed E-state index contributed by atoms with van der Waals surface area (Å²) in [6, 6.07) is 5.66. The molecule has 0 amide bonds. The molecule has 1 N–H and O–H groups in total. The van der Waals surface area contributed by atoms with E-state index >= 15 is 0 Å². The molecule has 1 aromatic rings. The van der Waals surface area contributed by atoms with E-state index in [-0.39, 0.29) is 6.10 Å². The number of halogens is 2. The van der Waals surface area contributed by atoms with Gasteiger partial charge in [-0.2, -0.15) is 0 Å². The first-order chi connectivity index (χ1) is 8.63. The molecule has 1 nitrogen and oxygen atoms in total. The highest BCUT2D eigenvalue weighted by atomic mass is 79.9. The van der Waals surface area contributed by atoms with Gasteiger partial charge in [-0.25, -0.2) is 0 Å². The van der Waals surface area contributed by atoms with Crippen molar-refractivity contribution in [1.82, 2.24) is 0 Å². The van der Waals surface area contributed by atoms with Crippen molar-refractivity contribution in [3.8, 4) is 0 Å². The van der Waals surface area contributed by atoms with Crippen LogP contribution in [0.4, 0.5) is 0 Å². The van der Waals surface area contributed by atoms with E-state index in [0.29, 0.717) is 16.9 Å². The molecule has 3 heteroatoms. The minimum atomic E-state index is -0.373. The molecule has 1 aromatic carbocycles. The summed E-state index contributed by atoms with van der Waals surface area (Å²) in [5, 5.41) is 11.3. The first-order valence-corrected chi connectivity index (χ1v) is 7.93. The summed E-state index contributed by atoms with van der Waals surface area (Å²) in [6.45, 7) is 2.23. The molecular weight excluding hydrogens is 312 g/mol. The summed E-state index contributed by atoms with van der Waals surface area (Å²) in [7, 11) is 0. The van der Waals surface area contributed by atoms with Crippen molar-refractivity contribution < 1.29 is 5.11 Å². The number of benzene rings is 1. The minimum Gasteiger partial charge on any atom is -0.388 e. The lowest BCUT2D eigenvalue weighted by atomic mass is 9.73. The van der Waals surface area contributed by atoms with Gasteiger partial charge < -0.3 is 5.11 Å². The van der Waals surface area contributed by atoms with Crippen LogP contribution >= 0.6 is 27.5 Å². The molecule has 1 aliphatic rings. The first-order valence-electron chi connectivity index (χ1n) is 6.76. The fraction of sp³-hybridized carbons (Fsp3) is 0.600. The lowest BCUT2D eigenvalue weighted by molar-refractivity contribution is 0.0447. The number of aliphatic hydroxyl groups excluding tert-OH is 1. The number of rotatable bonds is 3. The van der Waals surface area contributed by atoms with Crippen molar-refractivity contribution in [1.29, 1.82) is 0 Å². The van der Waals surface area contributed by atoms with Crippen LogP contribution in [-0.4, -0.2) is 5.11 Å². The van der Waals surface area contributed by atoms with E-state index < -0.39 is 0 Å². The van der Waals surface area contributed by atoms with Crippen LogP contribution in [0, 0.1) is 11.8 Å². The fourth-order valence-electron chi connectivity index (χ4n) is 3.13. The maximum Gasteiger partial charge on any atom is 0.0831 e. The van der Waals surface area contributed by atoms with Crippen LogP contribution in [-0.2, 0) is 0 Å². The van der Waals surface area contributed by atoms with Crippen LogP contribution in [0.15, 0.2) is 22.7 Å². The number of aliphatic hydroxyl groups is 1. The Morgan fingerprint density at radius 3 is 2.78 bits per heavy atom. The molecule has 0 saturated heterocycles. The molecule has 0 aliphatic heterocycles. The monoisotopic (exact) mass is 330 g/mol. The van der Waals surface area contributed by atoms with Crippen LogP contribution in [0.5, 0.6) is 0 Å². The zero-order valence-corrected chi connectivity index (χ0v) is 13.0. The molecule has 18 heavy (non-hydrogen) atoms. The predicted octanol–water partition coefficient (Wildman–Crippen LogP) is 5.35. The molecule has 1 aliphatic carbocycles. The maximum absolute atomic E-state index is 10.6. The van der Waals surface area contributed by atoms with Crippen LogP contribution < -0.4 is 0 Å². The molecule has 3 unspecified atom stereocenters. The van der Waals surface area contributed by atoms with E-state index in [1.54, 1.807) is 0 Å². The molecule has 1 saturated carbocycles. The van der Waals surface area contributed by atoms with Gasteiger partial charge in [0, 0.05) is 9.50 Å². The zero-order chi connectivity index (χ0) is 13.1. The van der Waals surface area contributed by atoms with Crippen molar-refractivity contribution in [3.05, 3.63) is 33.3 Å². The maximum atomic E-state index is 10.6. The van der Waals surface area contributed by atoms with Gasteiger partial charge in [0.15, 0.2) is 0 Å². The number of hydrogen-bond acceptors (Lipinski definition) is 1. The molecule has 0 bridgehead atoms. The van der Waals surface area contributed by atoms with E-state index in [1.807, 2.05) is 18.2 Å². The van der Waals surface area contributed by atoms with Crippen molar-refractivity contribution in [3.63, 3.8) is 0 Å². The van der Waals surface area contributed by atoms with E-state index in [4.69, 9.17) is 11.6 Å². The van der Waals surface area contributed by atoms with E-state index in [9.17, 15) is 5.11 Å². The molecule has 3 atom stereocenters. The Bertz CT molecular complexity index is 407. The van der Waals surface area contributed by atoms with Crippen molar-refractivity contribution in [2.45, 2.75) is 45.1 Å². The highest BCUT2D eigenvalue weighted by Gasteiger charge is 2.31. The lowest BCUT2D eigenvalue weighted by Gasteiger charge is -2.34. The van der Waals surface area contributed by atoms with Crippen molar-refractivity contribution in [2.24, 2.45) is 11.8 Å². The Labute approximate surface area is 123 Å². The highest BCUT2D eigenvalue weighted by molar-refractivity contribution is 9.10. The molecule has 0 spiro atoms. The molecule has 100 valence electrons. The third-order valence-corrected chi connectivity index (χ3v) is 5.10.